The zero-order valence-corrected chi connectivity index (χ0v) is 12.9. The molecule has 1 aromatic heterocycles. The summed E-state index contributed by atoms with van der Waals surface area (Å²) in [5.74, 6) is 0.0330. The van der Waals surface area contributed by atoms with Crippen molar-refractivity contribution in [2.45, 2.75) is 37.1 Å². The van der Waals surface area contributed by atoms with Crippen molar-refractivity contribution in [2.75, 3.05) is 25.4 Å². The number of aryl methyl sites for hydroxylation is 1. The number of sulfonamides is 1. The minimum Gasteiger partial charge on any atom is -0.381 e. The van der Waals surface area contributed by atoms with Crippen LogP contribution in [0.5, 0.6) is 0 Å². The maximum absolute atomic E-state index is 12.2. The van der Waals surface area contributed by atoms with Gasteiger partial charge in [0, 0.05) is 25.8 Å². The third kappa shape index (κ3) is 3.50. The number of aromatic nitrogens is 2. The largest absolute Gasteiger partial charge is 0.381 e. The van der Waals surface area contributed by atoms with Gasteiger partial charge in [0.15, 0.2) is 5.82 Å². The molecule has 114 valence electrons. The van der Waals surface area contributed by atoms with Crippen LogP contribution in [0.3, 0.4) is 0 Å². The highest BCUT2D eigenvalue weighted by Crippen LogP contribution is 2.16. The van der Waals surface area contributed by atoms with Crippen molar-refractivity contribution < 1.29 is 8.42 Å². The van der Waals surface area contributed by atoms with E-state index in [-0.39, 0.29) is 16.8 Å². The molecular weight excluding hydrogens is 278 g/mol. The lowest BCUT2D eigenvalue weighted by molar-refractivity contribution is 0.175. The molecule has 0 saturated carbocycles. The number of hydrogen-bond acceptors (Lipinski definition) is 5. The number of nitrogen functional groups attached to an aromatic ring is 1. The molecule has 20 heavy (non-hydrogen) atoms. The van der Waals surface area contributed by atoms with E-state index in [4.69, 9.17) is 5.73 Å². The molecule has 0 amide bonds. The van der Waals surface area contributed by atoms with Crippen molar-refractivity contribution in [2.24, 2.45) is 7.05 Å². The van der Waals surface area contributed by atoms with Crippen LogP contribution in [0.1, 0.15) is 26.2 Å². The lowest BCUT2D eigenvalue weighted by Gasteiger charge is -2.32. The Morgan fingerprint density at radius 3 is 2.60 bits per heavy atom. The van der Waals surface area contributed by atoms with Crippen LogP contribution >= 0.6 is 0 Å². The zero-order chi connectivity index (χ0) is 14.8. The van der Waals surface area contributed by atoms with Gasteiger partial charge in [-0.15, -0.1) is 0 Å². The minimum atomic E-state index is -3.59. The summed E-state index contributed by atoms with van der Waals surface area (Å²) in [4.78, 5) is 2.37. The third-order valence-electron chi connectivity index (χ3n) is 3.69. The number of likely N-dealkylation sites (tertiary alicyclic amines) is 1. The van der Waals surface area contributed by atoms with Crippen molar-refractivity contribution in [3.63, 3.8) is 0 Å². The molecule has 1 unspecified atom stereocenters. The summed E-state index contributed by atoms with van der Waals surface area (Å²) < 4.78 is 28.4. The Kier molecular flexibility index (Phi) is 4.66. The SMILES string of the molecule is CC(CNS(=O)(=O)c1cn(C)nc1N)N1CCCCC1. The number of piperidine rings is 1. The van der Waals surface area contributed by atoms with Gasteiger partial charge >= 0.3 is 0 Å². The van der Waals surface area contributed by atoms with Crippen molar-refractivity contribution >= 4 is 15.8 Å². The van der Waals surface area contributed by atoms with Gasteiger partial charge in [-0.3, -0.25) is 9.58 Å². The lowest BCUT2D eigenvalue weighted by Crippen LogP contribution is -2.44. The topological polar surface area (TPSA) is 93.2 Å². The van der Waals surface area contributed by atoms with E-state index in [2.05, 4.69) is 14.7 Å². The molecule has 1 aliphatic heterocycles. The highest BCUT2D eigenvalue weighted by Gasteiger charge is 2.23. The third-order valence-corrected chi connectivity index (χ3v) is 5.13. The van der Waals surface area contributed by atoms with Gasteiger partial charge in [-0.2, -0.15) is 5.10 Å². The Balaban J connectivity index is 1.97. The molecule has 0 spiro atoms. The molecule has 2 heterocycles. The Hall–Kier alpha value is -1.12. The minimum absolute atomic E-state index is 0.0330. The predicted molar refractivity (Wildman–Crippen MR) is 77.7 cm³/mol. The summed E-state index contributed by atoms with van der Waals surface area (Å²) in [6.07, 6.45) is 5.06. The summed E-state index contributed by atoms with van der Waals surface area (Å²) in [7, 11) is -1.94. The summed E-state index contributed by atoms with van der Waals surface area (Å²) in [5.41, 5.74) is 5.62. The summed E-state index contributed by atoms with van der Waals surface area (Å²) >= 11 is 0. The van der Waals surface area contributed by atoms with Crippen molar-refractivity contribution in [1.29, 1.82) is 0 Å². The molecule has 0 aliphatic carbocycles. The molecule has 1 saturated heterocycles. The first-order chi connectivity index (χ1) is 9.40. The van der Waals surface area contributed by atoms with Gasteiger partial charge in [-0.1, -0.05) is 6.42 Å². The Morgan fingerprint density at radius 1 is 1.40 bits per heavy atom. The average molecular weight is 301 g/mol. The maximum atomic E-state index is 12.2. The fourth-order valence-electron chi connectivity index (χ4n) is 2.49. The first-order valence-corrected chi connectivity index (χ1v) is 8.41. The smallest absolute Gasteiger partial charge is 0.245 e. The Morgan fingerprint density at radius 2 is 2.05 bits per heavy atom. The Labute approximate surface area is 120 Å². The van der Waals surface area contributed by atoms with Gasteiger partial charge in [0.25, 0.3) is 0 Å². The van der Waals surface area contributed by atoms with E-state index < -0.39 is 10.0 Å². The van der Waals surface area contributed by atoms with Crippen LogP contribution in [0.2, 0.25) is 0 Å². The molecule has 1 aromatic rings. The lowest BCUT2D eigenvalue weighted by atomic mass is 10.1. The van der Waals surface area contributed by atoms with Crippen molar-refractivity contribution in [1.82, 2.24) is 19.4 Å². The number of nitrogens with two attached hydrogens (primary N) is 1. The first-order valence-electron chi connectivity index (χ1n) is 6.93. The quantitative estimate of drug-likeness (QED) is 0.808. The van der Waals surface area contributed by atoms with E-state index in [9.17, 15) is 8.42 Å². The van der Waals surface area contributed by atoms with Crippen LogP contribution < -0.4 is 10.5 Å². The highest BCUT2D eigenvalue weighted by atomic mass is 32.2. The van der Waals surface area contributed by atoms with Crippen LogP contribution in [0.25, 0.3) is 0 Å². The highest BCUT2D eigenvalue weighted by molar-refractivity contribution is 7.89. The van der Waals surface area contributed by atoms with Crippen LogP contribution in [-0.2, 0) is 17.1 Å². The summed E-state index contributed by atoms with van der Waals surface area (Å²) in [5, 5.41) is 3.86. The molecule has 1 atom stereocenters. The summed E-state index contributed by atoms with van der Waals surface area (Å²) in [6.45, 7) is 4.51. The molecule has 0 aromatic carbocycles. The molecule has 0 radical (unpaired) electrons. The van der Waals surface area contributed by atoms with E-state index in [1.165, 1.54) is 30.1 Å². The van der Waals surface area contributed by atoms with E-state index >= 15 is 0 Å². The van der Waals surface area contributed by atoms with Gasteiger partial charge in [0.2, 0.25) is 10.0 Å². The van der Waals surface area contributed by atoms with E-state index in [0.29, 0.717) is 6.54 Å². The fraction of sp³-hybridized carbons (Fsp3) is 0.750. The standard InChI is InChI=1S/C12H23N5O2S/c1-10(17-6-4-3-5-7-17)8-14-20(18,19)11-9-16(2)15-12(11)13/h9-10,14H,3-8H2,1-2H3,(H2,13,15). The number of hydrogen-bond donors (Lipinski definition) is 2. The van der Waals surface area contributed by atoms with Crippen LogP contribution in [-0.4, -0.2) is 48.8 Å². The number of rotatable bonds is 5. The molecular formula is C12H23N5O2S. The van der Waals surface area contributed by atoms with E-state index in [1.54, 1.807) is 7.05 Å². The second-order valence-corrected chi connectivity index (χ2v) is 7.09. The number of anilines is 1. The molecule has 1 fully saturated rings. The summed E-state index contributed by atoms with van der Waals surface area (Å²) in [6, 6.07) is 0.183. The van der Waals surface area contributed by atoms with Gasteiger partial charge in [0.05, 0.1) is 0 Å². The first kappa shape index (κ1) is 15.3. The molecule has 7 nitrogen and oxygen atoms in total. The van der Waals surface area contributed by atoms with Gasteiger partial charge in [0.1, 0.15) is 4.90 Å². The van der Waals surface area contributed by atoms with Crippen LogP contribution in [0.15, 0.2) is 11.1 Å². The number of nitrogens with zero attached hydrogens (tertiary/aromatic N) is 3. The zero-order valence-electron chi connectivity index (χ0n) is 12.0. The molecule has 1 aliphatic rings. The molecule has 2 rings (SSSR count). The molecule has 3 N–H and O–H groups in total. The van der Waals surface area contributed by atoms with E-state index in [0.717, 1.165) is 13.1 Å². The normalized spacial score (nSPS) is 19.1. The number of nitrogens with one attached hydrogen (secondary N) is 1. The molecule has 8 heteroatoms. The van der Waals surface area contributed by atoms with Crippen LogP contribution in [0.4, 0.5) is 5.82 Å². The second-order valence-electron chi connectivity index (χ2n) is 5.35. The predicted octanol–water partition coefficient (Wildman–Crippen LogP) is 0.155. The van der Waals surface area contributed by atoms with E-state index in [1.807, 2.05) is 6.92 Å². The average Bonchev–Trinajstić information content (AvgIpc) is 2.77. The Bertz CT molecular complexity index is 548. The van der Waals surface area contributed by atoms with Crippen molar-refractivity contribution in [3.05, 3.63) is 6.20 Å². The van der Waals surface area contributed by atoms with Crippen LogP contribution in [0, 0.1) is 0 Å². The fourth-order valence-corrected chi connectivity index (χ4v) is 3.71. The van der Waals surface area contributed by atoms with Gasteiger partial charge in [-0.05, 0) is 32.9 Å². The molecule has 0 bridgehead atoms. The second kappa shape index (κ2) is 6.11. The van der Waals surface area contributed by atoms with Crippen molar-refractivity contribution in [3.8, 4) is 0 Å². The van der Waals surface area contributed by atoms with Gasteiger partial charge in [-0.25, -0.2) is 13.1 Å². The van der Waals surface area contributed by atoms with Gasteiger partial charge < -0.3 is 5.73 Å². The maximum Gasteiger partial charge on any atom is 0.245 e. The monoisotopic (exact) mass is 301 g/mol.